The minimum absolute atomic E-state index is 0.00865. The number of hydrogen-bond donors (Lipinski definition) is 2. The number of esters is 1. The molecule has 34 heavy (non-hydrogen) atoms. The Kier molecular flexibility index (Phi) is 7.34. The molecule has 0 aromatic carbocycles. The van der Waals surface area contributed by atoms with Gasteiger partial charge >= 0.3 is 5.97 Å². The highest BCUT2D eigenvalue weighted by atomic mass is 32.2. The van der Waals surface area contributed by atoms with Crippen molar-refractivity contribution in [3.63, 3.8) is 0 Å². The van der Waals surface area contributed by atoms with Crippen LogP contribution in [0.15, 0.2) is 28.0 Å². The number of nitrogens with one attached hydrogen (secondary N) is 1. The normalized spacial score (nSPS) is 15.4. The minimum Gasteiger partial charge on any atom is -0.465 e. The Balaban J connectivity index is 1.51. The van der Waals surface area contributed by atoms with Crippen molar-refractivity contribution in [1.82, 2.24) is 14.8 Å². The van der Waals surface area contributed by atoms with Gasteiger partial charge in [0.2, 0.25) is 11.7 Å². The number of carbonyl (C=O) groups is 3. The molecule has 0 saturated carbocycles. The predicted octanol–water partition coefficient (Wildman–Crippen LogP) is 2.70. The van der Waals surface area contributed by atoms with Crippen LogP contribution in [0.25, 0.3) is 11.6 Å². The predicted molar refractivity (Wildman–Crippen MR) is 125 cm³/mol. The summed E-state index contributed by atoms with van der Waals surface area (Å²) in [6.45, 7) is 2.83. The molecule has 1 aliphatic rings. The Morgan fingerprint density at radius 2 is 2.21 bits per heavy atom. The molecule has 1 atom stereocenters. The molecule has 1 unspecified atom stereocenters. The summed E-state index contributed by atoms with van der Waals surface area (Å²) in [5, 5.41) is 11.9. The molecule has 3 N–H and O–H groups in total. The lowest BCUT2D eigenvalue weighted by Gasteiger charge is -2.14. The lowest BCUT2D eigenvalue weighted by atomic mass is 10.1. The number of rotatable bonds is 9. The molecular weight excluding hydrogens is 482 g/mol. The van der Waals surface area contributed by atoms with Crippen molar-refractivity contribution in [2.24, 2.45) is 5.73 Å². The maximum absolute atomic E-state index is 12.7. The number of carbonyl (C=O) groups excluding carboxylic acids is 3. The number of methoxy groups -OCH3 is 1. The second-order valence-electron chi connectivity index (χ2n) is 7.48. The number of anilines is 1. The van der Waals surface area contributed by atoms with Crippen LogP contribution >= 0.6 is 23.1 Å². The van der Waals surface area contributed by atoms with E-state index in [1.807, 2.05) is 4.57 Å². The highest BCUT2D eigenvalue weighted by molar-refractivity contribution is 7.99. The largest absolute Gasteiger partial charge is 0.465 e. The Bertz CT molecular complexity index is 1200. The van der Waals surface area contributed by atoms with Crippen molar-refractivity contribution in [2.45, 2.75) is 37.6 Å². The molecule has 0 spiro atoms. The van der Waals surface area contributed by atoms with E-state index < -0.39 is 17.8 Å². The van der Waals surface area contributed by atoms with Gasteiger partial charge in [-0.15, -0.1) is 21.5 Å². The van der Waals surface area contributed by atoms with Crippen LogP contribution < -0.4 is 11.1 Å². The first-order valence-electron chi connectivity index (χ1n) is 10.4. The molecule has 13 heteroatoms. The molecule has 3 aromatic rings. The highest BCUT2D eigenvalue weighted by Crippen LogP contribution is 2.34. The van der Waals surface area contributed by atoms with Crippen LogP contribution in [0.5, 0.6) is 0 Å². The summed E-state index contributed by atoms with van der Waals surface area (Å²) in [5.41, 5.74) is 5.88. The second kappa shape index (κ2) is 10.4. The molecule has 4 heterocycles. The summed E-state index contributed by atoms with van der Waals surface area (Å²) in [6.07, 6.45) is 3.50. The standard InChI is InChI=1S/C21H23N5O6S2/c1-11-15(20(29)30-2)19(34-16(11)17(22)28)23-14(27)10-33-21-25-24-18(13-6-4-8-32-13)26(21)9-12-5-3-7-31-12/h4,6,8,12H,3,5,7,9-10H2,1-2H3,(H2,22,28)(H,23,27). The average Bonchev–Trinajstić information content (AvgIpc) is 3.60. The van der Waals surface area contributed by atoms with Crippen molar-refractivity contribution >= 4 is 45.9 Å². The van der Waals surface area contributed by atoms with Gasteiger partial charge in [0, 0.05) is 6.61 Å². The summed E-state index contributed by atoms with van der Waals surface area (Å²) in [6, 6.07) is 3.56. The number of ether oxygens (including phenoxy) is 2. The van der Waals surface area contributed by atoms with Gasteiger partial charge in [-0.2, -0.15) is 0 Å². The monoisotopic (exact) mass is 505 g/mol. The van der Waals surface area contributed by atoms with Crippen molar-refractivity contribution in [1.29, 1.82) is 0 Å². The third-order valence-electron chi connectivity index (χ3n) is 5.21. The fourth-order valence-electron chi connectivity index (χ4n) is 3.62. The molecule has 11 nitrogen and oxygen atoms in total. The Hall–Kier alpha value is -3.16. The van der Waals surface area contributed by atoms with Gasteiger partial charge in [0.25, 0.3) is 5.91 Å². The maximum Gasteiger partial charge on any atom is 0.341 e. The number of nitrogens with zero attached hydrogens (tertiary/aromatic N) is 3. The van der Waals surface area contributed by atoms with Gasteiger partial charge in [0.15, 0.2) is 10.9 Å². The van der Waals surface area contributed by atoms with Crippen molar-refractivity contribution in [3.8, 4) is 11.6 Å². The molecular formula is C21H23N5O6S2. The van der Waals surface area contributed by atoms with E-state index >= 15 is 0 Å². The highest BCUT2D eigenvalue weighted by Gasteiger charge is 2.26. The molecule has 1 fully saturated rings. The molecule has 0 bridgehead atoms. The Morgan fingerprint density at radius 3 is 2.85 bits per heavy atom. The van der Waals surface area contributed by atoms with E-state index in [1.165, 1.54) is 18.9 Å². The molecule has 0 radical (unpaired) electrons. The van der Waals surface area contributed by atoms with Crippen LogP contribution in [0.2, 0.25) is 0 Å². The first-order chi connectivity index (χ1) is 16.4. The zero-order valence-corrected chi connectivity index (χ0v) is 20.2. The first kappa shape index (κ1) is 24.0. The third kappa shape index (κ3) is 5.00. The van der Waals surface area contributed by atoms with E-state index in [1.54, 1.807) is 25.3 Å². The summed E-state index contributed by atoms with van der Waals surface area (Å²) in [5.74, 6) is -0.628. The number of primary amides is 1. The van der Waals surface area contributed by atoms with Gasteiger partial charge in [-0.05, 0) is 37.5 Å². The second-order valence-corrected chi connectivity index (χ2v) is 9.45. The van der Waals surface area contributed by atoms with E-state index in [0.29, 0.717) is 35.5 Å². The molecule has 1 saturated heterocycles. The van der Waals surface area contributed by atoms with Gasteiger partial charge in [-0.25, -0.2) is 4.79 Å². The number of amides is 2. The van der Waals surface area contributed by atoms with E-state index in [0.717, 1.165) is 24.2 Å². The Morgan fingerprint density at radius 1 is 1.38 bits per heavy atom. The molecule has 3 aromatic heterocycles. The van der Waals surface area contributed by atoms with E-state index in [4.69, 9.17) is 19.6 Å². The fraction of sp³-hybridized carbons (Fsp3) is 0.381. The smallest absolute Gasteiger partial charge is 0.341 e. The summed E-state index contributed by atoms with van der Waals surface area (Å²) in [4.78, 5) is 36.8. The topological polar surface area (TPSA) is 152 Å². The number of furan rings is 1. The van der Waals surface area contributed by atoms with Gasteiger partial charge < -0.3 is 24.9 Å². The van der Waals surface area contributed by atoms with Crippen LogP contribution in [0.4, 0.5) is 5.00 Å². The summed E-state index contributed by atoms with van der Waals surface area (Å²) in [7, 11) is 1.22. The van der Waals surface area contributed by atoms with Crippen LogP contribution in [0, 0.1) is 6.92 Å². The van der Waals surface area contributed by atoms with Gasteiger partial charge in [-0.1, -0.05) is 11.8 Å². The van der Waals surface area contributed by atoms with Gasteiger partial charge in [0.1, 0.15) is 5.00 Å². The number of aromatic nitrogens is 3. The third-order valence-corrected chi connectivity index (χ3v) is 7.40. The number of hydrogen-bond acceptors (Lipinski definition) is 10. The summed E-state index contributed by atoms with van der Waals surface area (Å²) < 4.78 is 17.9. The lowest BCUT2D eigenvalue weighted by molar-refractivity contribution is -0.113. The SMILES string of the molecule is COC(=O)c1c(NC(=O)CSc2nnc(-c3ccco3)n2CC2CCCO2)sc(C(N)=O)c1C. The van der Waals surface area contributed by atoms with Crippen LogP contribution in [0.3, 0.4) is 0 Å². The molecule has 2 amide bonds. The van der Waals surface area contributed by atoms with E-state index in [9.17, 15) is 14.4 Å². The van der Waals surface area contributed by atoms with Gasteiger partial charge in [0.05, 0.1) is 42.2 Å². The Labute approximate surface area is 203 Å². The quantitative estimate of drug-likeness (QED) is 0.330. The molecule has 0 aliphatic carbocycles. The number of nitrogens with two attached hydrogens (primary N) is 1. The summed E-state index contributed by atoms with van der Waals surface area (Å²) >= 11 is 2.13. The zero-order valence-electron chi connectivity index (χ0n) is 18.5. The average molecular weight is 506 g/mol. The minimum atomic E-state index is -0.685. The maximum atomic E-state index is 12.7. The number of thiophene rings is 1. The molecule has 4 rings (SSSR count). The van der Waals surface area contributed by atoms with Gasteiger partial charge in [-0.3, -0.25) is 14.2 Å². The molecule has 180 valence electrons. The zero-order chi connectivity index (χ0) is 24.2. The first-order valence-corrected chi connectivity index (χ1v) is 12.2. The van der Waals surface area contributed by atoms with Crippen LogP contribution in [-0.4, -0.2) is 58.1 Å². The fourth-order valence-corrected chi connectivity index (χ4v) is 5.43. The van der Waals surface area contributed by atoms with Crippen LogP contribution in [0.1, 0.15) is 38.4 Å². The van der Waals surface area contributed by atoms with E-state index in [-0.39, 0.29) is 27.3 Å². The molecule has 1 aliphatic heterocycles. The lowest BCUT2D eigenvalue weighted by Crippen LogP contribution is -2.18. The van der Waals surface area contributed by atoms with E-state index in [2.05, 4.69) is 15.5 Å². The van der Waals surface area contributed by atoms with Crippen molar-refractivity contribution in [3.05, 3.63) is 34.4 Å². The van der Waals surface area contributed by atoms with Crippen molar-refractivity contribution < 1.29 is 28.3 Å². The van der Waals surface area contributed by atoms with Crippen LogP contribution in [-0.2, 0) is 20.8 Å². The number of thioether (sulfide) groups is 1. The van der Waals surface area contributed by atoms with Crippen molar-refractivity contribution in [2.75, 3.05) is 24.8 Å².